The van der Waals surface area contributed by atoms with Crippen molar-refractivity contribution in [2.45, 2.75) is 42.0 Å². The molecule has 2 atom stereocenters. The molecule has 1 aliphatic carbocycles. The van der Waals surface area contributed by atoms with Crippen molar-refractivity contribution in [1.29, 1.82) is 5.26 Å². The van der Waals surface area contributed by atoms with E-state index in [-0.39, 0.29) is 16.3 Å². The fourth-order valence-electron chi connectivity index (χ4n) is 2.21. The normalized spacial score (nSPS) is 23.7. The first-order valence-electron chi connectivity index (χ1n) is 6.11. The van der Waals surface area contributed by atoms with Crippen LogP contribution >= 0.6 is 11.8 Å². The van der Waals surface area contributed by atoms with E-state index >= 15 is 0 Å². The SMILES string of the molecule is N#CS[C@H]1CCCC[C@@H]1NS(=O)(=O)c1ccccn1. The van der Waals surface area contributed by atoms with Crippen LogP contribution < -0.4 is 4.72 Å². The van der Waals surface area contributed by atoms with Crippen LogP contribution in [0.4, 0.5) is 0 Å². The van der Waals surface area contributed by atoms with Crippen LogP contribution in [0.3, 0.4) is 0 Å². The molecule has 1 heterocycles. The lowest BCUT2D eigenvalue weighted by atomic mass is 9.96. The van der Waals surface area contributed by atoms with Crippen molar-refractivity contribution < 1.29 is 8.42 Å². The maximum absolute atomic E-state index is 12.2. The standard InChI is InChI=1S/C12H15N3O2S2/c13-9-18-11-6-2-1-5-10(11)15-19(16,17)12-7-3-4-8-14-12/h3-4,7-8,10-11,15H,1-2,5-6H2/t10-,11-/m0/s1. The van der Waals surface area contributed by atoms with Crippen molar-refractivity contribution in [3.05, 3.63) is 24.4 Å². The molecule has 5 nitrogen and oxygen atoms in total. The largest absolute Gasteiger partial charge is 0.258 e. The molecule has 7 heteroatoms. The molecule has 0 aromatic carbocycles. The number of nitrogens with zero attached hydrogens (tertiary/aromatic N) is 2. The van der Waals surface area contributed by atoms with Gasteiger partial charge >= 0.3 is 0 Å². The van der Waals surface area contributed by atoms with E-state index in [1.165, 1.54) is 12.3 Å². The van der Waals surface area contributed by atoms with Crippen molar-refractivity contribution in [2.75, 3.05) is 0 Å². The monoisotopic (exact) mass is 297 g/mol. The van der Waals surface area contributed by atoms with Gasteiger partial charge in [0.05, 0.1) is 0 Å². The van der Waals surface area contributed by atoms with Crippen LogP contribution in [0.15, 0.2) is 29.4 Å². The molecular formula is C12H15N3O2S2. The van der Waals surface area contributed by atoms with Crippen molar-refractivity contribution in [3.8, 4) is 5.40 Å². The number of thioether (sulfide) groups is 1. The molecule has 0 amide bonds. The van der Waals surface area contributed by atoms with Crippen LogP contribution in [0.1, 0.15) is 25.7 Å². The van der Waals surface area contributed by atoms with Crippen LogP contribution in [-0.2, 0) is 10.0 Å². The Hall–Kier alpha value is -1.10. The van der Waals surface area contributed by atoms with E-state index in [9.17, 15) is 8.42 Å². The summed E-state index contributed by atoms with van der Waals surface area (Å²) in [6.45, 7) is 0. The fourth-order valence-corrected chi connectivity index (χ4v) is 4.34. The number of thiocyanates is 1. The van der Waals surface area contributed by atoms with E-state index in [0.29, 0.717) is 0 Å². The Morgan fingerprint density at radius 1 is 1.37 bits per heavy atom. The minimum Gasteiger partial charge on any atom is -0.243 e. The minimum absolute atomic E-state index is 0.0252. The minimum atomic E-state index is -3.59. The average molecular weight is 297 g/mol. The van der Waals surface area contributed by atoms with E-state index in [0.717, 1.165) is 37.4 Å². The van der Waals surface area contributed by atoms with E-state index < -0.39 is 10.0 Å². The quantitative estimate of drug-likeness (QED) is 0.858. The number of hydrogen-bond donors (Lipinski definition) is 1. The zero-order chi connectivity index (χ0) is 13.7. The first-order chi connectivity index (χ1) is 9.13. The van der Waals surface area contributed by atoms with Gasteiger partial charge in [0, 0.05) is 17.5 Å². The molecule has 1 N–H and O–H groups in total. The lowest BCUT2D eigenvalue weighted by Gasteiger charge is -2.29. The Labute approximate surface area is 117 Å². The Kier molecular flexibility index (Phi) is 4.80. The van der Waals surface area contributed by atoms with Gasteiger partial charge in [0.2, 0.25) is 0 Å². The van der Waals surface area contributed by atoms with Gasteiger partial charge in [-0.05, 0) is 36.7 Å². The molecule has 0 unspecified atom stereocenters. The van der Waals surface area contributed by atoms with Gasteiger partial charge in [-0.15, -0.1) is 0 Å². The first kappa shape index (κ1) is 14.3. The summed E-state index contributed by atoms with van der Waals surface area (Å²) in [7, 11) is -3.59. The van der Waals surface area contributed by atoms with Gasteiger partial charge in [0.1, 0.15) is 5.40 Å². The highest BCUT2D eigenvalue weighted by molar-refractivity contribution is 8.04. The summed E-state index contributed by atoms with van der Waals surface area (Å²) in [5.41, 5.74) is 0. The third-order valence-electron chi connectivity index (χ3n) is 3.13. The number of sulfonamides is 1. The second kappa shape index (κ2) is 6.37. The Morgan fingerprint density at radius 3 is 2.84 bits per heavy atom. The number of pyridine rings is 1. The van der Waals surface area contributed by atoms with E-state index in [1.54, 1.807) is 12.1 Å². The average Bonchev–Trinajstić information content (AvgIpc) is 2.42. The number of hydrogen-bond acceptors (Lipinski definition) is 5. The summed E-state index contributed by atoms with van der Waals surface area (Å²) in [5.74, 6) is 0. The predicted octanol–water partition coefficient (Wildman–Crippen LogP) is 1.89. The summed E-state index contributed by atoms with van der Waals surface area (Å²) in [4.78, 5) is 3.86. The zero-order valence-electron chi connectivity index (χ0n) is 10.3. The van der Waals surface area contributed by atoms with E-state index in [1.807, 2.05) is 0 Å². The molecule has 1 aromatic heterocycles. The van der Waals surface area contributed by atoms with Crippen molar-refractivity contribution >= 4 is 21.8 Å². The van der Waals surface area contributed by atoms with E-state index in [4.69, 9.17) is 5.26 Å². The molecule has 0 saturated heterocycles. The summed E-state index contributed by atoms with van der Waals surface area (Å²) in [6, 6.07) is 4.60. The Morgan fingerprint density at radius 2 is 2.16 bits per heavy atom. The smallest absolute Gasteiger partial charge is 0.243 e. The maximum Gasteiger partial charge on any atom is 0.258 e. The topological polar surface area (TPSA) is 82.9 Å². The van der Waals surface area contributed by atoms with Crippen LogP contribution in [0.2, 0.25) is 0 Å². The molecule has 0 bridgehead atoms. The second-order valence-electron chi connectivity index (χ2n) is 4.43. The molecule has 19 heavy (non-hydrogen) atoms. The van der Waals surface area contributed by atoms with Crippen molar-refractivity contribution in [1.82, 2.24) is 9.71 Å². The number of rotatable bonds is 4. The molecule has 2 rings (SSSR count). The second-order valence-corrected chi connectivity index (χ2v) is 7.11. The highest BCUT2D eigenvalue weighted by Gasteiger charge is 2.30. The molecular weight excluding hydrogens is 282 g/mol. The molecule has 0 radical (unpaired) electrons. The van der Waals surface area contributed by atoms with Gasteiger partial charge < -0.3 is 0 Å². The number of nitriles is 1. The molecule has 1 aromatic rings. The lowest BCUT2D eigenvalue weighted by Crippen LogP contribution is -2.43. The van der Waals surface area contributed by atoms with Gasteiger partial charge in [-0.1, -0.05) is 18.9 Å². The van der Waals surface area contributed by atoms with Gasteiger partial charge in [-0.2, -0.15) is 5.26 Å². The zero-order valence-corrected chi connectivity index (χ0v) is 12.0. The first-order valence-corrected chi connectivity index (χ1v) is 8.48. The molecule has 0 aliphatic heterocycles. The third kappa shape index (κ3) is 3.69. The fraction of sp³-hybridized carbons (Fsp3) is 0.500. The third-order valence-corrected chi connectivity index (χ3v) is 5.50. The highest BCUT2D eigenvalue weighted by atomic mass is 32.2. The summed E-state index contributed by atoms with van der Waals surface area (Å²) >= 11 is 1.15. The van der Waals surface area contributed by atoms with Gasteiger partial charge in [-0.3, -0.25) is 0 Å². The number of aromatic nitrogens is 1. The van der Waals surface area contributed by atoms with Crippen LogP contribution in [-0.4, -0.2) is 24.7 Å². The van der Waals surface area contributed by atoms with Gasteiger partial charge in [-0.25, -0.2) is 18.1 Å². The summed E-state index contributed by atoms with van der Waals surface area (Å²) in [5, 5.41) is 10.9. The maximum atomic E-state index is 12.2. The predicted molar refractivity (Wildman–Crippen MR) is 73.8 cm³/mol. The van der Waals surface area contributed by atoms with Crippen molar-refractivity contribution in [2.24, 2.45) is 0 Å². The molecule has 1 aliphatic rings. The molecule has 1 fully saturated rings. The Bertz CT molecular complexity index is 554. The van der Waals surface area contributed by atoms with Gasteiger partial charge in [0.25, 0.3) is 10.0 Å². The lowest BCUT2D eigenvalue weighted by molar-refractivity contribution is 0.423. The Balaban J connectivity index is 2.13. The van der Waals surface area contributed by atoms with Crippen LogP contribution in [0, 0.1) is 10.7 Å². The van der Waals surface area contributed by atoms with Crippen molar-refractivity contribution in [3.63, 3.8) is 0 Å². The molecule has 102 valence electrons. The molecule has 0 spiro atoms. The van der Waals surface area contributed by atoms with Crippen LogP contribution in [0.25, 0.3) is 0 Å². The highest BCUT2D eigenvalue weighted by Crippen LogP contribution is 2.29. The molecule has 1 saturated carbocycles. The number of nitrogens with one attached hydrogen (secondary N) is 1. The van der Waals surface area contributed by atoms with E-state index in [2.05, 4.69) is 15.1 Å². The summed E-state index contributed by atoms with van der Waals surface area (Å²) < 4.78 is 27.1. The van der Waals surface area contributed by atoms with Gasteiger partial charge in [0.15, 0.2) is 5.03 Å². The van der Waals surface area contributed by atoms with Crippen LogP contribution in [0.5, 0.6) is 0 Å². The summed E-state index contributed by atoms with van der Waals surface area (Å²) in [6.07, 6.45) is 5.12.